The van der Waals surface area contributed by atoms with Gasteiger partial charge in [-0.2, -0.15) is 0 Å². The van der Waals surface area contributed by atoms with Gasteiger partial charge in [0.15, 0.2) is 0 Å². The van der Waals surface area contributed by atoms with Gasteiger partial charge in [-0.3, -0.25) is 0 Å². The van der Waals surface area contributed by atoms with E-state index in [4.69, 9.17) is 14.2 Å². The summed E-state index contributed by atoms with van der Waals surface area (Å²) in [5, 5.41) is 19.0. The summed E-state index contributed by atoms with van der Waals surface area (Å²) in [4.78, 5) is 0. The molecule has 0 aromatic heterocycles. The predicted molar refractivity (Wildman–Crippen MR) is 76.1 cm³/mol. The van der Waals surface area contributed by atoms with Crippen molar-refractivity contribution in [1.29, 1.82) is 0 Å². The fourth-order valence-corrected chi connectivity index (χ4v) is 1.65. The van der Waals surface area contributed by atoms with Gasteiger partial charge in [0.1, 0.15) is 24.2 Å². The van der Waals surface area contributed by atoms with E-state index in [1.165, 1.54) is 0 Å². The van der Waals surface area contributed by atoms with E-state index in [2.05, 4.69) is 6.92 Å². The van der Waals surface area contributed by atoms with E-state index in [9.17, 15) is 10.2 Å². The molecule has 1 aromatic rings. The number of hydrogen-bond donors (Lipinski definition) is 2. The van der Waals surface area contributed by atoms with Crippen LogP contribution in [0.3, 0.4) is 0 Å². The molecule has 0 amide bonds. The van der Waals surface area contributed by atoms with E-state index < -0.39 is 6.10 Å². The number of methoxy groups -OCH3 is 1. The summed E-state index contributed by atoms with van der Waals surface area (Å²) >= 11 is 0. The van der Waals surface area contributed by atoms with Crippen LogP contribution in [-0.4, -0.2) is 43.2 Å². The molecule has 2 N–H and O–H groups in total. The first-order chi connectivity index (χ1) is 9.71. The normalized spacial score (nSPS) is 12.2. The smallest absolute Gasteiger partial charge is 0.125 e. The van der Waals surface area contributed by atoms with E-state index >= 15 is 0 Å². The van der Waals surface area contributed by atoms with Crippen LogP contribution in [0, 0.1) is 0 Å². The SMILES string of the molecule is CCCCOCC(O)COc1ccc(OC)cc1CO. The topological polar surface area (TPSA) is 68.2 Å². The van der Waals surface area contributed by atoms with Gasteiger partial charge in [0.05, 0.1) is 20.3 Å². The standard InChI is InChI=1S/C15H24O5/c1-3-4-7-19-10-13(17)11-20-15-6-5-14(18-2)8-12(15)9-16/h5-6,8,13,16-17H,3-4,7,9-11H2,1-2H3. The number of aliphatic hydroxyl groups excluding tert-OH is 2. The van der Waals surface area contributed by atoms with Gasteiger partial charge in [-0.15, -0.1) is 0 Å². The van der Waals surface area contributed by atoms with E-state index in [1.54, 1.807) is 25.3 Å². The Bertz CT molecular complexity index is 381. The summed E-state index contributed by atoms with van der Waals surface area (Å²) in [5.74, 6) is 1.20. The first-order valence-electron chi connectivity index (χ1n) is 6.87. The molecular formula is C15H24O5. The molecule has 1 unspecified atom stereocenters. The highest BCUT2D eigenvalue weighted by atomic mass is 16.5. The lowest BCUT2D eigenvalue weighted by atomic mass is 10.2. The van der Waals surface area contributed by atoms with Crippen molar-refractivity contribution in [3.8, 4) is 11.5 Å². The largest absolute Gasteiger partial charge is 0.497 e. The maximum Gasteiger partial charge on any atom is 0.125 e. The number of hydrogen-bond acceptors (Lipinski definition) is 5. The van der Waals surface area contributed by atoms with Gasteiger partial charge < -0.3 is 24.4 Å². The number of rotatable bonds is 10. The van der Waals surface area contributed by atoms with E-state index in [1.807, 2.05) is 0 Å². The molecule has 5 nitrogen and oxygen atoms in total. The summed E-state index contributed by atoms with van der Waals surface area (Å²) < 4.78 is 15.9. The lowest BCUT2D eigenvalue weighted by Gasteiger charge is -2.15. The highest BCUT2D eigenvalue weighted by Crippen LogP contribution is 2.24. The number of benzene rings is 1. The van der Waals surface area contributed by atoms with Gasteiger partial charge in [0, 0.05) is 12.2 Å². The van der Waals surface area contributed by atoms with Crippen molar-refractivity contribution >= 4 is 0 Å². The third-order valence-corrected chi connectivity index (χ3v) is 2.82. The van der Waals surface area contributed by atoms with Crippen LogP contribution in [-0.2, 0) is 11.3 Å². The predicted octanol–water partition coefficient (Wildman–Crippen LogP) is 1.74. The molecule has 0 bridgehead atoms. The Morgan fingerprint density at radius 2 is 2.05 bits per heavy atom. The molecule has 0 aliphatic carbocycles. The Balaban J connectivity index is 2.40. The second-order valence-corrected chi connectivity index (χ2v) is 4.53. The zero-order chi connectivity index (χ0) is 14.8. The van der Waals surface area contributed by atoms with Crippen LogP contribution in [0.25, 0.3) is 0 Å². The van der Waals surface area contributed by atoms with Crippen molar-refractivity contribution in [1.82, 2.24) is 0 Å². The van der Waals surface area contributed by atoms with Crippen LogP contribution in [0.4, 0.5) is 0 Å². The molecule has 0 fully saturated rings. The molecule has 0 radical (unpaired) electrons. The van der Waals surface area contributed by atoms with Crippen molar-refractivity contribution in [3.05, 3.63) is 23.8 Å². The van der Waals surface area contributed by atoms with Crippen LogP contribution in [0.1, 0.15) is 25.3 Å². The van der Waals surface area contributed by atoms with Gasteiger partial charge >= 0.3 is 0 Å². The Kier molecular flexibility index (Phi) is 8.02. The Labute approximate surface area is 120 Å². The van der Waals surface area contributed by atoms with E-state index in [-0.39, 0.29) is 19.8 Å². The zero-order valence-corrected chi connectivity index (χ0v) is 12.2. The van der Waals surface area contributed by atoms with Crippen molar-refractivity contribution in [2.75, 3.05) is 26.9 Å². The van der Waals surface area contributed by atoms with Crippen LogP contribution in [0.5, 0.6) is 11.5 Å². The molecule has 5 heteroatoms. The van der Waals surface area contributed by atoms with Crippen LogP contribution < -0.4 is 9.47 Å². The van der Waals surface area contributed by atoms with Gasteiger partial charge in [0.2, 0.25) is 0 Å². The fraction of sp³-hybridized carbons (Fsp3) is 0.600. The lowest BCUT2D eigenvalue weighted by Crippen LogP contribution is -2.24. The number of unbranched alkanes of at least 4 members (excludes halogenated alkanes) is 1. The molecule has 0 aliphatic heterocycles. The highest BCUT2D eigenvalue weighted by Gasteiger charge is 2.09. The molecule has 1 aromatic carbocycles. The molecule has 0 heterocycles. The van der Waals surface area contributed by atoms with Crippen LogP contribution in [0.15, 0.2) is 18.2 Å². The van der Waals surface area contributed by atoms with E-state index in [0.29, 0.717) is 23.7 Å². The minimum absolute atomic E-state index is 0.130. The van der Waals surface area contributed by atoms with Crippen molar-refractivity contribution in [3.63, 3.8) is 0 Å². The molecule has 0 saturated carbocycles. The zero-order valence-electron chi connectivity index (χ0n) is 12.2. The number of ether oxygens (including phenoxy) is 3. The number of aliphatic hydroxyl groups is 2. The summed E-state index contributed by atoms with van der Waals surface area (Å²) in [7, 11) is 1.56. The van der Waals surface area contributed by atoms with E-state index in [0.717, 1.165) is 12.8 Å². The molecule has 0 spiro atoms. The average Bonchev–Trinajstić information content (AvgIpc) is 2.49. The van der Waals surface area contributed by atoms with Crippen LogP contribution >= 0.6 is 0 Å². The molecule has 1 rings (SSSR count). The van der Waals surface area contributed by atoms with Gasteiger partial charge in [-0.1, -0.05) is 13.3 Å². The first kappa shape index (κ1) is 16.8. The summed E-state index contributed by atoms with van der Waals surface area (Å²) in [6.07, 6.45) is 1.37. The summed E-state index contributed by atoms with van der Waals surface area (Å²) in [6.45, 7) is 2.98. The van der Waals surface area contributed by atoms with Gasteiger partial charge in [-0.25, -0.2) is 0 Å². The Morgan fingerprint density at radius 1 is 1.25 bits per heavy atom. The van der Waals surface area contributed by atoms with Gasteiger partial charge in [-0.05, 0) is 24.6 Å². The monoisotopic (exact) mass is 284 g/mol. The fourth-order valence-electron chi connectivity index (χ4n) is 1.65. The molecule has 0 saturated heterocycles. The van der Waals surface area contributed by atoms with Crippen LogP contribution in [0.2, 0.25) is 0 Å². The second-order valence-electron chi connectivity index (χ2n) is 4.53. The second kappa shape index (κ2) is 9.58. The molecule has 20 heavy (non-hydrogen) atoms. The maximum atomic E-state index is 9.74. The Morgan fingerprint density at radius 3 is 2.70 bits per heavy atom. The van der Waals surface area contributed by atoms with Crippen molar-refractivity contribution in [2.24, 2.45) is 0 Å². The molecule has 0 aliphatic rings. The summed E-state index contributed by atoms with van der Waals surface area (Å²) in [6, 6.07) is 5.17. The average molecular weight is 284 g/mol. The lowest BCUT2D eigenvalue weighted by molar-refractivity contribution is 0.0109. The Hall–Kier alpha value is -1.30. The van der Waals surface area contributed by atoms with Gasteiger partial charge in [0.25, 0.3) is 0 Å². The maximum absolute atomic E-state index is 9.74. The third-order valence-electron chi connectivity index (χ3n) is 2.82. The summed E-state index contributed by atoms with van der Waals surface area (Å²) in [5.41, 5.74) is 0.628. The minimum atomic E-state index is -0.680. The molecular weight excluding hydrogens is 260 g/mol. The first-order valence-corrected chi connectivity index (χ1v) is 6.87. The highest BCUT2D eigenvalue weighted by molar-refractivity contribution is 5.39. The van der Waals surface area contributed by atoms with Crippen molar-refractivity contribution in [2.45, 2.75) is 32.5 Å². The third kappa shape index (κ3) is 5.77. The molecule has 1 atom stereocenters. The minimum Gasteiger partial charge on any atom is -0.497 e. The quantitative estimate of drug-likeness (QED) is 0.641. The van der Waals surface area contributed by atoms with Crippen molar-refractivity contribution < 1.29 is 24.4 Å². The molecule has 114 valence electrons.